The van der Waals surface area contributed by atoms with Crippen molar-refractivity contribution in [3.8, 4) is 0 Å². The van der Waals surface area contributed by atoms with E-state index in [0.29, 0.717) is 11.8 Å². The number of ether oxygens (including phenoxy) is 1. The van der Waals surface area contributed by atoms with Crippen molar-refractivity contribution in [1.82, 2.24) is 10.3 Å². The fraction of sp³-hybridized carbons (Fsp3) is 0.688. The number of nitrogens with one attached hydrogen (secondary N) is 1. The van der Waals surface area contributed by atoms with Crippen LogP contribution in [0.2, 0.25) is 0 Å². The summed E-state index contributed by atoms with van der Waals surface area (Å²) in [5.74, 6) is 2.43. The lowest BCUT2D eigenvalue weighted by atomic mass is 10.1. The number of aromatic nitrogens is 1. The van der Waals surface area contributed by atoms with Crippen molar-refractivity contribution in [3.63, 3.8) is 0 Å². The van der Waals surface area contributed by atoms with E-state index in [1.807, 2.05) is 6.20 Å². The molecular formula is C16H27N3O. The number of methoxy groups -OCH3 is 1. The zero-order valence-corrected chi connectivity index (χ0v) is 12.9. The Morgan fingerprint density at radius 1 is 1.50 bits per heavy atom. The summed E-state index contributed by atoms with van der Waals surface area (Å²) in [6, 6.07) is 4.31. The Bertz CT molecular complexity index is 408. The van der Waals surface area contributed by atoms with Crippen LogP contribution in [-0.2, 0) is 11.3 Å². The number of nitrogens with zero attached hydrogens (tertiary/aromatic N) is 2. The van der Waals surface area contributed by atoms with Gasteiger partial charge in [0.2, 0.25) is 0 Å². The highest BCUT2D eigenvalue weighted by Gasteiger charge is 2.23. The average molecular weight is 277 g/mol. The lowest BCUT2D eigenvalue weighted by molar-refractivity contribution is 0.161. The molecule has 4 nitrogen and oxygen atoms in total. The summed E-state index contributed by atoms with van der Waals surface area (Å²) in [4.78, 5) is 6.89. The minimum atomic E-state index is 0.643. The number of hydrogen-bond acceptors (Lipinski definition) is 4. The van der Waals surface area contributed by atoms with Gasteiger partial charge in [-0.3, -0.25) is 0 Å². The topological polar surface area (TPSA) is 37.4 Å². The van der Waals surface area contributed by atoms with Crippen molar-refractivity contribution < 1.29 is 4.74 Å². The molecule has 0 bridgehead atoms. The van der Waals surface area contributed by atoms with Crippen LogP contribution in [-0.4, -0.2) is 38.3 Å². The van der Waals surface area contributed by atoms with E-state index in [-0.39, 0.29) is 0 Å². The highest BCUT2D eigenvalue weighted by Crippen LogP contribution is 2.22. The van der Waals surface area contributed by atoms with Gasteiger partial charge in [0.1, 0.15) is 5.82 Å². The Labute approximate surface area is 122 Å². The Kier molecular flexibility index (Phi) is 5.80. The fourth-order valence-corrected chi connectivity index (χ4v) is 2.66. The number of hydrogen-bond donors (Lipinski definition) is 1. The molecule has 20 heavy (non-hydrogen) atoms. The lowest BCUT2D eigenvalue weighted by Crippen LogP contribution is -2.23. The van der Waals surface area contributed by atoms with Gasteiger partial charge in [-0.15, -0.1) is 0 Å². The molecule has 2 heterocycles. The molecule has 1 aromatic rings. The first-order chi connectivity index (χ1) is 9.69. The van der Waals surface area contributed by atoms with Gasteiger partial charge in [-0.25, -0.2) is 4.98 Å². The first kappa shape index (κ1) is 15.3. The Hall–Kier alpha value is -1.13. The van der Waals surface area contributed by atoms with Crippen LogP contribution >= 0.6 is 0 Å². The van der Waals surface area contributed by atoms with Crippen molar-refractivity contribution in [2.45, 2.75) is 26.8 Å². The zero-order valence-electron chi connectivity index (χ0n) is 12.9. The molecule has 0 aliphatic carbocycles. The van der Waals surface area contributed by atoms with Gasteiger partial charge in [-0.1, -0.05) is 13.8 Å². The minimum absolute atomic E-state index is 0.643. The molecule has 1 unspecified atom stereocenters. The van der Waals surface area contributed by atoms with Gasteiger partial charge in [0.25, 0.3) is 0 Å². The molecule has 1 aliphatic heterocycles. The van der Waals surface area contributed by atoms with Gasteiger partial charge in [0, 0.05) is 38.9 Å². The summed E-state index contributed by atoms with van der Waals surface area (Å²) in [6.45, 7) is 9.43. The maximum absolute atomic E-state index is 5.25. The van der Waals surface area contributed by atoms with Crippen LogP contribution in [0, 0.1) is 11.8 Å². The van der Waals surface area contributed by atoms with E-state index in [0.717, 1.165) is 38.6 Å². The van der Waals surface area contributed by atoms with Crippen LogP contribution < -0.4 is 10.2 Å². The molecule has 2 rings (SSSR count). The third-order valence-corrected chi connectivity index (χ3v) is 3.70. The first-order valence-electron chi connectivity index (χ1n) is 7.58. The van der Waals surface area contributed by atoms with Crippen molar-refractivity contribution in [2.24, 2.45) is 11.8 Å². The number of anilines is 1. The molecule has 0 amide bonds. The highest BCUT2D eigenvalue weighted by atomic mass is 16.5. The van der Waals surface area contributed by atoms with Crippen LogP contribution in [0.15, 0.2) is 18.3 Å². The molecule has 1 N–H and O–H groups in total. The van der Waals surface area contributed by atoms with Gasteiger partial charge in [-0.2, -0.15) is 0 Å². The Balaban J connectivity index is 1.89. The summed E-state index contributed by atoms with van der Waals surface area (Å²) in [5, 5.41) is 3.48. The highest BCUT2D eigenvalue weighted by molar-refractivity contribution is 5.42. The largest absolute Gasteiger partial charge is 0.384 e. The standard InChI is InChI=1S/C16H27N3O/c1-13(2)9-17-10-14-4-6-18-16(8-14)19-7-5-15(11-19)12-20-3/h4,6,8,13,15,17H,5,7,9-12H2,1-3H3. The second-order valence-corrected chi connectivity index (χ2v) is 6.10. The molecule has 1 saturated heterocycles. The van der Waals surface area contributed by atoms with Crippen LogP contribution in [0.25, 0.3) is 0 Å². The normalized spacial score (nSPS) is 19.0. The van der Waals surface area contributed by atoms with E-state index < -0.39 is 0 Å². The average Bonchev–Trinajstić information content (AvgIpc) is 2.88. The summed E-state index contributed by atoms with van der Waals surface area (Å²) in [6.07, 6.45) is 3.12. The Morgan fingerprint density at radius 2 is 2.35 bits per heavy atom. The lowest BCUT2D eigenvalue weighted by Gasteiger charge is -2.18. The van der Waals surface area contributed by atoms with Crippen LogP contribution in [0.4, 0.5) is 5.82 Å². The van der Waals surface area contributed by atoms with Crippen molar-refractivity contribution in [1.29, 1.82) is 0 Å². The predicted octanol–water partition coefficient (Wildman–Crippen LogP) is 2.30. The summed E-state index contributed by atoms with van der Waals surface area (Å²) < 4.78 is 5.25. The molecule has 0 saturated carbocycles. The predicted molar refractivity (Wildman–Crippen MR) is 83.0 cm³/mol. The molecule has 0 spiro atoms. The van der Waals surface area contributed by atoms with Crippen molar-refractivity contribution in [2.75, 3.05) is 38.3 Å². The molecule has 1 fully saturated rings. The molecule has 1 aliphatic rings. The van der Waals surface area contributed by atoms with E-state index in [2.05, 4.69) is 41.2 Å². The quantitative estimate of drug-likeness (QED) is 0.830. The second kappa shape index (κ2) is 7.60. The summed E-state index contributed by atoms with van der Waals surface area (Å²) >= 11 is 0. The first-order valence-corrected chi connectivity index (χ1v) is 7.58. The minimum Gasteiger partial charge on any atom is -0.384 e. The van der Waals surface area contributed by atoms with Gasteiger partial charge < -0.3 is 15.0 Å². The summed E-state index contributed by atoms with van der Waals surface area (Å²) in [7, 11) is 1.78. The SMILES string of the molecule is COCC1CCN(c2cc(CNCC(C)C)ccn2)C1. The Morgan fingerprint density at radius 3 is 3.10 bits per heavy atom. The maximum atomic E-state index is 5.25. The third kappa shape index (κ3) is 4.46. The van der Waals surface area contributed by atoms with E-state index in [4.69, 9.17) is 4.74 Å². The third-order valence-electron chi connectivity index (χ3n) is 3.70. The van der Waals surface area contributed by atoms with Gasteiger partial charge in [0.05, 0.1) is 6.61 Å². The smallest absolute Gasteiger partial charge is 0.128 e. The molecular weight excluding hydrogens is 250 g/mol. The van der Waals surface area contributed by atoms with Gasteiger partial charge in [0.15, 0.2) is 0 Å². The van der Waals surface area contributed by atoms with Crippen LogP contribution in [0.1, 0.15) is 25.8 Å². The monoisotopic (exact) mass is 277 g/mol. The zero-order chi connectivity index (χ0) is 14.4. The van der Waals surface area contributed by atoms with Gasteiger partial charge >= 0.3 is 0 Å². The molecule has 1 atom stereocenters. The van der Waals surface area contributed by atoms with Crippen LogP contribution in [0.3, 0.4) is 0 Å². The van der Waals surface area contributed by atoms with E-state index >= 15 is 0 Å². The van der Waals surface area contributed by atoms with Gasteiger partial charge in [-0.05, 0) is 36.6 Å². The molecule has 0 aromatic carbocycles. The van der Waals surface area contributed by atoms with Crippen molar-refractivity contribution >= 4 is 5.82 Å². The maximum Gasteiger partial charge on any atom is 0.128 e. The fourth-order valence-electron chi connectivity index (χ4n) is 2.66. The summed E-state index contributed by atoms with van der Waals surface area (Å²) in [5.41, 5.74) is 1.31. The molecule has 0 radical (unpaired) electrons. The van der Waals surface area contributed by atoms with Crippen LogP contribution in [0.5, 0.6) is 0 Å². The number of rotatable bonds is 7. The molecule has 4 heteroatoms. The molecule has 1 aromatic heterocycles. The van der Waals surface area contributed by atoms with E-state index in [1.54, 1.807) is 7.11 Å². The van der Waals surface area contributed by atoms with E-state index in [1.165, 1.54) is 12.0 Å². The van der Waals surface area contributed by atoms with Crippen molar-refractivity contribution in [3.05, 3.63) is 23.9 Å². The number of pyridine rings is 1. The van der Waals surface area contributed by atoms with E-state index in [9.17, 15) is 0 Å². The molecule has 112 valence electrons. The second-order valence-electron chi connectivity index (χ2n) is 6.10.